The lowest BCUT2D eigenvalue weighted by molar-refractivity contribution is -0.140. The zero-order valence-corrected chi connectivity index (χ0v) is 21.5. The fraction of sp³-hybridized carbons (Fsp3) is 0.241. The van der Waals surface area contributed by atoms with E-state index in [2.05, 4.69) is 4.98 Å². The molecule has 0 bridgehead atoms. The zero-order chi connectivity index (χ0) is 29.2. The van der Waals surface area contributed by atoms with Crippen LogP contribution >= 0.6 is 0 Å². The monoisotopic (exact) mass is 554 g/mol. The molecule has 6 nitrogen and oxygen atoms in total. The van der Waals surface area contributed by atoms with E-state index in [1.807, 2.05) is 6.07 Å². The summed E-state index contributed by atoms with van der Waals surface area (Å²) in [4.78, 5) is 33.0. The van der Waals surface area contributed by atoms with Crippen molar-refractivity contribution in [3.63, 3.8) is 0 Å². The molecule has 0 aliphatic rings. The SMILES string of the molecule is CCCN(C(=O)Cc1ccc(F)c(C(F)(F)F)c1)C(C)c1nc2ccc(F)cn2c(=O)c1-c1ccc(C#N)cc1. The summed E-state index contributed by atoms with van der Waals surface area (Å²) in [5, 5.41) is 9.16. The number of halogens is 5. The van der Waals surface area contributed by atoms with Crippen LogP contribution in [0.1, 0.15) is 48.7 Å². The molecule has 2 aromatic heterocycles. The topological polar surface area (TPSA) is 78.5 Å². The van der Waals surface area contributed by atoms with Crippen LogP contribution in [-0.2, 0) is 17.4 Å². The van der Waals surface area contributed by atoms with Crippen LogP contribution in [0.25, 0.3) is 16.8 Å². The lowest BCUT2D eigenvalue weighted by atomic mass is 9.98. The molecule has 0 radical (unpaired) electrons. The highest BCUT2D eigenvalue weighted by molar-refractivity contribution is 5.80. The van der Waals surface area contributed by atoms with Crippen molar-refractivity contribution in [3.05, 3.63) is 105 Å². The molecule has 2 heterocycles. The molecular weight excluding hydrogens is 531 g/mol. The quantitative estimate of drug-likeness (QED) is 0.260. The van der Waals surface area contributed by atoms with Crippen LogP contribution in [0.3, 0.4) is 0 Å². The molecule has 0 N–H and O–H groups in total. The van der Waals surface area contributed by atoms with Crippen LogP contribution in [-0.4, -0.2) is 26.7 Å². The second kappa shape index (κ2) is 11.3. The number of alkyl halides is 3. The Morgan fingerprint density at radius 3 is 2.42 bits per heavy atom. The molecule has 4 rings (SSSR count). The second-order valence-corrected chi connectivity index (χ2v) is 9.19. The second-order valence-electron chi connectivity index (χ2n) is 9.19. The standard InChI is InChI=1S/C29H23F5N4O2/c1-3-12-37(25(39)14-19-6-10-23(31)22(13-19)29(32,33)34)17(2)27-26(20-7-4-18(15-35)5-8-20)28(40)38-16-21(30)9-11-24(38)36-27/h4-11,13,16-17H,3,12,14H2,1-2H3. The maximum absolute atomic E-state index is 14.0. The Labute approximate surface area is 225 Å². The van der Waals surface area contributed by atoms with Crippen molar-refractivity contribution in [2.24, 2.45) is 0 Å². The van der Waals surface area contributed by atoms with Crippen molar-refractivity contribution in [2.75, 3.05) is 6.54 Å². The van der Waals surface area contributed by atoms with Gasteiger partial charge >= 0.3 is 6.18 Å². The van der Waals surface area contributed by atoms with Crippen molar-refractivity contribution in [1.29, 1.82) is 5.26 Å². The minimum Gasteiger partial charge on any atom is -0.334 e. The van der Waals surface area contributed by atoms with E-state index >= 15 is 0 Å². The van der Waals surface area contributed by atoms with Gasteiger partial charge in [0, 0.05) is 12.7 Å². The Bertz CT molecular complexity index is 1670. The van der Waals surface area contributed by atoms with Crippen LogP contribution in [0.4, 0.5) is 22.0 Å². The van der Waals surface area contributed by atoms with E-state index in [0.29, 0.717) is 29.7 Å². The molecule has 1 unspecified atom stereocenters. The third kappa shape index (κ3) is 5.71. The summed E-state index contributed by atoms with van der Waals surface area (Å²) < 4.78 is 68.5. The van der Waals surface area contributed by atoms with Gasteiger partial charge in [-0.15, -0.1) is 0 Å². The number of carbonyl (C=O) groups is 1. The van der Waals surface area contributed by atoms with E-state index in [9.17, 15) is 31.5 Å². The fourth-order valence-electron chi connectivity index (χ4n) is 4.51. The molecule has 0 saturated heterocycles. The lowest BCUT2D eigenvalue weighted by Gasteiger charge is -2.30. The number of benzene rings is 2. The number of nitrogens with zero attached hydrogens (tertiary/aromatic N) is 4. The number of pyridine rings is 1. The first-order valence-corrected chi connectivity index (χ1v) is 12.3. The fourth-order valence-corrected chi connectivity index (χ4v) is 4.51. The van der Waals surface area contributed by atoms with Crippen molar-refractivity contribution in [2.45, 2.75) is 38.9 Å². The Morgan fingerprint density at radius 2 is 1.80 bits per heavy atom. The van der Waals surface area contributed by atoms with Crippen LogP contribution in [0.2, 0.25) is 0 Å². The van der Waals surface area contributed by atoms with Gasteiger partial charge in [-0.05, 0) is 60.9 Å². The number of hydrogen-bond donors (Lipinski definition) is 0. The summed E-state index contributed by atoms with van der Waals surface area (Å²) in [6.45, 7) is 3.62. The Balaban J connectivity index is 1.81. The van der Waals surface area contributed by atoms with Gasteiger partial charge in [-0.25, -0.2) is 13.8 Å². The van der Waals surface area contributed by atoms with E-state index in [-0.39, 0.29) is 29.0 Å². The number of hydrogen-bond acceptors (Lipinski definition) is 4. The van der Waals surface area contributed by atoms with Gasteiger partial charge in [0.05, 0.1) is 40.9 Å². The van der Waals surface area contributed by atoms with Gasteiger partial charge in [0.1, 0.15) is 17.3 Å². The van der Waals surface area contributed by atoms with Gasteiger partial charge in [-0.1, -0.05) is 25.1 Å². The first-order chi connectivity index (χ1) is 18.9. The van der Waals surface area contributed by atoms with E-state index < -0.39 is 47.3 Å². The molecule has 4 aromatic rings. The molecule has 0 spiro atoms. The number of amides is 1. The van der Waals surface area contributed by atoms with E-state index in [1.54, 1.807) is 26.0 Å². The van der Waals surface area contributed by atoms with Crippen LogP contribution in [0.15, 0.2) is 65.6 Å². The van der Waals surface area contributed by atoms with Crippen molar-refractivity contribution >= 4 is 11.6 Å². The van der Waals surface area contributed by atoms with Crippen LogP contribution in [0.5, 0.6) is 0 Å². The summed E-state index contributed by atoms with van der Waals surface area (Å²) in [5.74, 6) is -2.66. The molecule has 11 heteroatoms. The molecule has 0 fully saturated rings. The molecule has 1 amide bonds. The number of rotatable bonds is 7. The van der Waals surface area contributed by atoms with E-state index in [0.717, 1.165) is 22.7 Å². The molecule has 0 aliphatic carbocycles. The highest BCUT2D eigenvalue weighted by Gasteiger charge is 2.35. The maximum atomic E-state index is 14.0. The maximum Gasteiger partial charge on any atom is 0.419 e. The minimum absolute atomic E-state index is 0.0265. The van der Waals surface area contributed by atoms with E-state index in [4.69, 9.17) is 5.26 Å². The van der Waals surface area contributed by atoms with Gasteiger partial charge in [0.25, 0.3) is 5.56 Å². The predicted octanol–water partition coefficient (Wildman–Crippen LogP) is 6.07. The van der Waals surface area contributed by atoms with Crippen LogP contribution in [0, 0.1) is 23.0 Å². The van der Waals surface area contributed by atoms with Gasteiger partial charge in [-0.2, -0.15) is 18.4 Å². The third-order valence-electron chi connectivity index (χ3n) is 6.46. The molecule has 0 saturated carbocycles. The molecule has 0 aliphatic heterocycles. The Kier molecular flexibility index (Phi) is 8.00. The first-order valence-electron chi connectivity index (χ1n) is 12.3. The lowest BCUT2D eigenvalue weighted by Crippen LogP contribution is -2.37. The highest BCUT2D eigenvalue weighted by Crippen LogP contribution is 2.33. The summed E-state index contributed by atoms with van der Waals surface area (Å²) in [6, 6.07) is 12.1. The molecule has 1 atom stereocenters. The average molecular weight is 555 g/mol. The summed E-state index contributed by atoms with van der Waals surface area (Å²) in [7, 11) is 0. The third-order valence-corrected chi connectivity index (χ3v) is 6.46. The Morgan fingerprint density at radius 1 is 1.10 bits per heavy atom. The number of carbonyl (C=O) groups excluding carboxylic acids is 1. The van der Waals surface area contributed by atoms with Crippen molar-refractivity contribution in [1.82, 2.24) is 14.3 Å². The Hall–Kier alpha value is -4.59. The van der Waals surface area contributed by atoms with Gasteiger partial charge in [0.2, 0.25) is 5.91 Å². The van der Waals surface area contributed by atoms with Gasteiger partial charge < -0.3 is 4.90 Å². The predicted molar refractivity (Wildman–Crippen MR) is 137 cm³/mol. The normalized spacial score (nSPS) is 12.2. The smallest absolute Gasteiger partial charge is 0.334 e. The summed E-state index contributed by atoms with van der Waals surface area (Å²) in [6.07, 6.45) is -3.89. The minimum atomic E-state index is -4.92. The highest BCUT2D eigenvalue weighted by atomic mass is 19.4. The van der Waals surface area contributed by atoms with Crippen molar-refractivity contribution < 1.29 is 26.7 Å². The molecule has 40 heavy (non-hydrogen) atoms. The summed E-state index contributed by atoms with van der Waals surface area (Å²) in [5.41, 5.74) is -0.967. The largest absolute Gasteiger partial charge is 0.419 e. The number of fused-ring (bicyclic) bond motifs is 1. The van der Waals surface area contributed by atoms with E-state index in [1.165, 1.54) is 23.1 Å². The molecule has 2 aromatic carbocycles. The average Bonchev–Trinajstić information content (AvgIpc) is 2.92. The molecular formula is C29H23F5N4O2. The number of aromatic nitrogens is 2. The summed E-state index contributed by atoms with van der Waals surface area (Å²) >= 11 is 0. The first kappa shape index (κ1) is 28.4. The zero-order valence-electron chi connectivity index (χ0n) is 21.5. The van der Waals surface area contributed by atoms with Gasteiger partial charge in [-0.3, -0.25) is 14.0 Å². The van der Waals surface area contributed by atoms with Crippen molar-refractivity contribution in [3.8, 4) is 17.2 Å². The number of nitriles is 1. The van der Waals surface area contributed by atoms with Gasteiger partial charge in [0.15, 0.2) is 0 Å². The molecule has 206 valence electrons. The van der Waals surface area contributed by atoms with Crippen LogP contribution < -0.4 is 5.56 Å².